The van der Waals surface area contributed by atoms with Gasteiger partial charge in [0.15, 0.2) is 0 Å². The zero-order valence-corrected chi connectivity index (χ0v) is 13.8. The van der Waals surface area contributed by atoms with Crippen LogP contribution in [0.25, 0.3) is 0 Å². The highest BCUT2D eigenvalue weighted by molar-refractivity contribution is 8.01. The van der Waals surface area contributed by atoms with Crippen LogP contribution in [0.4, 0.5) is 0 Å². The lowest BCUT2D eigenvalue weighted by atomic mass is 10.1. The number of aromatic nitrogens is 1. The highest BCUT2D eigenvalue weighted by Crippen LogP contribution is 2.28. The monoisotopic (exact) mass is 322 g/mol. The van der Waals surface area contributed by atoms with Gasteiger partial charge in [0.05, 0.1) is 18.8 Å². The molecule has 0 saturated carbocycles. The fourth-order valence-electron chi connectivity index (χ4n) is 1.76. The number of thioether (sulfide) groups is 1. The van der Waals surface area contributed by atoms with Gasteiger partial charge in [0.1, 0.15) is 11.1 Å². The van der Waals surface area contributed by atoms with E-state index in [9.17, 15) is 14.9 Å². The second-order valence-electron chi connectivity index (χ2n) is 4.37. The van der Waals surface area contributed by atoms with Crippen LogP contribution in [-0.2, 0) is 19.1 Å². The number of carbonyl (C=O) groups excluding carboxylic acids is 2. The van der Waals surface area contributed by atoms with Crippen LogP contribution in [0.1, 0.15) is 30.7 Å². The topological polar surface area (TPSA) is 89.3 Å². The van der Waals surface area contributed by atoms with Crippen LogP contribution in [0.3, 0.4) is 0 Å². The molecule has 1 aromatic heterocycles. The van der Waals surface area contributed by atoms with E-state index in [0.29, 0.717) is 16.3 Å². The first-order valence-electron chi connectivity index (χ1n) is 6.82. The third kappa shape index (κ3) is 4.46. The Labute approximate surface area is 133 Å². The summed E-state index contributed by atoms with van der Waals surface area (Å²) in [6, 6.07) is 3.82. The molecule has 0 bridgehead atoms. The number of nitriles is 1. The molecular weight excluding hydrogens is 304 g/mol. The first kappa shape index (κ1) is 18.0. The lowest BCUT2D eigenvalue weighted by Crippen LogP contribution is -2.31. The van der Waals surface area contributed by atoms with Gasteiger partial charge in [-0.05, 0) is 39.3 Å². The van der Waals surface area contributed by atoms with Crippen LogP contribution in [-0.4, -0.2) is 35.4 Å². The molecule has 0 spiro atoms. The minimum atomic E-state index is -1.19. The molecule has 6 nitrogen and oxygen atoms in total. The van der Waals surface area contributed by atoms with E-state index in [1.807, 2.05) is 0 Å². The van der Waals surface area contributed by atoms with Crippen molar-refractivity contribution in [2.24, 2.45) is 0 Å². The van der Waals surface area contributed by atoms with Gasteiger partial charge in [-0.3, -0.25) is 9.59 Å². The summed E-state index contributed by atoms with van der Waals surface area (Å²) in [4.78, 5) is 28.2. The molecular formula is C15H18N2O4S. The number of pyridine rings is 1. The molecule has 0 aliphatic heterocycles. The lowest BCUT2D eigenvalue weighted by Gasteiger charge is -2.15. The first-order valence-corrected chi connectivity index (χ1v) is 7.70. The van der Waals surface area contributed by atoms with E-state index in [1.165, 1.54) is 0 Å². The summed E-state index contributed by atoms with van der Waals surface area (Å²) in [5.74, 6) is -1.40. The highest BCUT2D eigenvalue weighted by atomic mass is 32.2. The van der Waals surface area contributed by atoms with Crippen molar-refractivity contribution in [2.75, 3.05) is 13.2 Å². The van der Waals surface area contributed by atoms with E-state index in [2.05, 4.69) is 11.1 Å². The van der Waals surface area contributed by atoms with Crippen molar-refractivity contribution in [1.29, 1.82) is 5.26 Å². The van der Waals surface area contributed by atoms with Crippen LogP contribution in [0, 0.1) is 25.2 Å². The molecule has 0 radical (unpaired) electrons. The maximum absolute atomic E-state index is 12.0. The van der Waals surface area contributed by atoms with Gasteiger partial charge in [-0.1, -0.05) is 11.8 Å². The summed E-state index contributed by atoms with van der Waals surface area (Å²) in [7, 11) is 0. The SMILES string of the molecule is CCOC(=O)C(Sc1nc(C)cc(C)c1C#N)C(=O)OCC. The molecule has 0 amide bonds. The third-order valence-electron chi connectivity index (χ3n) is 2.65. The average molecular weight is 322 g/mol. The van der Waals surface area contributed by atoms with Crippen molar-refractivity contribution in [3.8, 4) is 6.07 Å². The Morgan fingerprint density at radius 3 is 2.27 bits per heavy atom. The standard InChI is InChI=1S/C15H18N2O4S/c1-5-20-14(18)12(15(19)21-6-2)22-13-11(8-16)9(3)7-10(4)17-13/h7,12H,5-6H2,1-4H3. The molecule has 0 aliphatic carbocycles. The number of rotatable bonds is 6. The minimum Gasteiger partial charge on any atom is -0.465 e. The van der Waals surface area contributed by atoms with Gasteiger partial charge in [0.2, 0.25) is 5.25 Å². The summed E-state index contributed by atoms with van der Waals surface area (Å²) in [6.07, 6.45) is 0. The Bertz CT molecular complexity index is 592. The van der Waals surface area contributed by atoms with E-state index < -0.39 is 17.2 Å². The summed E-state index contributed by atoms with van der Waals surface area (Å²) >= 11 is 0.882. The van der Waals surface area contributed by atoms with Crippen molar-refractivity contribution in [2.45, 2.75) is 38.0 Å². The largest absolute Gasteiger partial charge is 0.465 e. The second kappa shape index (κ2) is 8.39. The predicted molar refractivity (Wildman–Crippen MR) is 81.3 cm³/mol. The van der Waals surface area contributed by atoms with Gasteiger partial charge in [-0.2, -0.15) is 5.26 Å². The van der Waals surface area contributed by atoms with Crippen molar-refractivity contribution in [1.82, 2.24) is 4.98 Å². The van der Waals surface area contributed by atoms with Crippen molar-refractivity contribution in [3.63, 3.8) is 0 Å². The Balaban J connectivity index is 3.17. The molecule has 1 rings (SSSR count). The van der Waals surface area contributed by atoms with E-state index in [0.717, 1.165) is 17.3 Å². The zero-order chi connectivity index (χ0) is 16.7. The molecule has 0 aliphatic rings. The number of ether oxygens (including phenoxy) is 2. The van der Waals surface area contributed by atoms with Crippen molar-refractivity contribution in [3.05, 3.63) is 22.9 Å². The maximum atomic E-state index is 12.0. The van der Waals surface area contributed by atoms with Crippen LogP contribution in [0.2, 0.25) is 0 Å². The predicted octanol–water partition coefficient (Wildman–Crippen LogP) is 2.16. The molecule has 22 heavy (non-hydrogen) atoms. The maximum Gasteiger partial charge on any atom is 0.331 e. The number of esters is 2. The number of nitrogens with zero attached hydrogens (tertiary/aromatic N) is 2. The quantitative estimate of drug-likeness (QED) is 0.450. The molecule has 1 aromatic rings. The Kier molecular flexibility index (Phi) is 6.86. The second-order valence-corrected chi connectivity index (χ2v) is 5.47. The Morgan fingerprint density at radius 2 is 1.82 bits per heavy atom. The molecule has 0 saturated heterocycles. The molecule has 118 valence electrons. The molecule has 0 aromatic carbocycles. The molecule has 0 unspecified atom stereocenters. The summed E-state index contributed by atoms with van der Waals surface area (Å²) < 4.78 is 9.81. The molecule has 7 heteroatoms. The molecule has 0 atom stereocenters. The van der Waals surface area contributed by atoms with E-state index in [1.54, 1.807) is 33.8 Å². The van der Waals surface area contributed by atoms with E-state index in [-0.39, 0.29) is 13.2 Å². The van der Waals surface area contributed by atoms with Gasteiger partial charge in [-0.15, -0.1) is 0 Å². The van der Waals surface area contributed by atoms with Gasteiger partial charge >= 0.3 is 11.9 Å². The lowest BCUT2D eigenvalue weighted by molar-refractivity contribution is -0.152. The normalized spacial score (nSPS) is 10.2. The smallest absolute Gasteiger partial charge is 0.331 e. The molecule has 0 fully saturated rings. The summed E-state index contributed by atoms with van der Waals surface area (Å²) in [5.41, 5.74) is 1.78. The summed E-state index contributed by atoms with van der Waals surface area (Å²) in [5, 5.41) is 8.38. The van der Waals surface area contributed by atoms with E-state index in [4.69, 9.17) is 9.47 Å². The summed E-state index contributed by atoms with van der Waals surface area (Å²) in [6.45, 7) is 7.17. The minimum absolute atomic E-state index is 0.153. The van der Waals surface area contributed by atoms with Crippen molar-refractivity contribution < 1.29 is 19.1 Å². The molecule has 0 N–H and O–H groups in total. The van der Waals surface area contributed by atoms with E-state index >= 15 is 0 Å². The van der Waals surface area contributed by atoms with Gasteiger partial charge in [-0.25, -0.2) is 4.98 Å². The Morgan fingerprint density at radius 1 is 1.27 bits per heavy atom. The number of carbonyl (C=O) groups is 2. The van der Waals surface area contributed by atoms with Crippen molar-refractivity contribution >= 4 is 23.7 Å². The zero-order valence-electron chi connectivity index (χ0n) is 13.0. The number of hydrogen-bond acceptors (Lipinski definition) is 7. The van der Waals surface area contributed by atoms with Crippen LogP contribution < -0.4 is 0 Å². The van der Waals surface area contributed by atoms with Gasteiger partial charge in [0, 0.05) is 5.69 Å². The van der Waals surface area contributed by atoms with Crippen LogP contribution in [0.5, 0.6) is 0 Å². The van der Waals surface area contributed by atoms with Gasteiger partial charge in [0.25, 0.3) is 0 Å². The average Bonchev–Trinajstić information content (AvgIpc) is 2.44. The molecule has 1 heterocycles. The fraction of sp³-hybridized carbons (Fsp3) is 0.467. The van der Waals surface area contributed by atoms with Gasteiger partial charge < -0.3 is 9.47 Å². The Hall–Kier alpha value is -2.07. The number of hydrogen-bond donors (Lipinski definition) is 0. The van der Waals surface area contributed by atoms with Crippen LogP contribution >= 0.6 is 11.8 Å². The number of aryl methyl sites for hydroxylation is 2. The fourth-order valence-corrected chi connectivity index (χ4v) is 2.84. The van der Waals surface area contributed by atoms with Crippen LogP contribution in [0.15, 0.2) is 11.1 Å². The first-order chi connectivity index (χ1) is 10.4. The third-order valence-corrected chi connectivity index (χ3v) is 3.79. The highest BCUT2D eigenvalue weighted by Gasteiger charge is 2.32.